The summed E-state index contributed by atoms with van der Waals surface area (Å²) in [4.78, 5) is 17.8. The molecular weight excluding hydrogens is 229 g/mol. The van der Waals surface area contributed by atoms with Crippen molar-refractivity contribution in [2.45, 2.75) is 32.4 Å². The predicted molar refractivity (Wildman–Crippen MR) is 64.2 cm³/mol. The Labute approximate surface area is 97.8 Å². The maximum atomic E-state index is 10.9. The van der Waals surface area contributed by atoms with E-state index in [-0.39, 0.29) is 6.04 Å². The first kappa shape index (κ1) is 16.1. The molecule has 0 amide bonds. The van der Waals surface area contributed by atoms with Crippen LogP contribution in [0.15, 0.2) is 0 Å². The lowest BCUT2D eigenvalue weighted by molar-refractivity contribution is -0.900. The minimum atomic E-state index is -4.15. The molecule has 3 N–H and O–H groups in total. The van der Waals surface area contributed by atoms with Crippen molar-refractivity contribution >= 4 is 7.60 Å². The molecule has 0 spiro atoms. The molecule has 0 saturated carbocycles. The van der Waals surface area contributed by atoms with Crippen LogP contribution >= 0.6 is 7.60 Å². The van der Waals surface area contributed by atoms with Crippen LogP contribution < -0.4 is 0 Å². The van der Waals surface area contributed by atoms with E-state index in [1.165, 1.54) is 0 Å². The number of hydrogen-bond acceptors (Lipinski definition) is 2. The summed E-state index contributed by atoms with van der Waals surface area (Å²) in [5.74, 6) is 0.383. The van der Waals surface area contributed by atoms with E-state index in [1.807, 2.05) is 35.0 Å². The molecule has 2 atom stereocenters. The quantitative estimate of drug-likeness (QED) is 0.480. The molecule has 0 saturated heterocycles. The van der Waals surface area contributed by atoms with Crippen molar-refractivity contribution in [2.24, 2.45) is 5.92 Å². The Hall–Kier alpha value is 0.0700. The van der Waals surface area contributed by atoms with Crippen LogP contribution in [-0.4, -0.2) is 58.8 Å². The van der Waals surface area contributed by atoms with Crippen LogP contribution in [0, 0.1) is 5.92 Å². The van der Waals surface area contributed by atoms with Gasteiger partial charge in [0.1, 0.15) is 12.1 Å². The Morgan fingerprint density at radius 2 is 1.62 bits per heavy atom. The molecule has 0 rings (SSSR count). The number of likely N-dealkylation sites (N-methyl/N-ethyl adjacent to an activating group) is 1. The first-order valence-corrected chi connectivity index (χ1v) is 7.27. The average molecular weight is 254 g/mol. The highest BCUT2D eigenvalue weighted by atomic mass is 31.2. The Morgan fingerprint density at radius 1 is 1.19 bits per heavy atom. The second kappa shape index (κ2) is 5.61. The van der Waals surface area contributed by atoms with Gasteiger partial charge in [0.25, 0.3) is 0 Å². The first-order valence-electron chi connectivity index (χ1n) is 5.47. The summed E-state index contributed by atoms with van der Waals surface area (Å²) in [7, 11) is 1.63. The molecule has 98 valence electrons. The summed E-state index contributed by atoms with van der Waals surface area (Å²) < 4.78 is 11.4. The van der Waals surface area contributed by atoms with Crippen molar-refractivity contribution in [1.29, 1.82) is 0 Å². The summed E-state index contributed by atoms with van der Waals surface area (Å²) in [5, 5.41) is 9.92. The minimum Gasteiger partial charge on any atom is -0.386 e. The molecule has 0 fully saturated rings. The fourth-order valence-corrected chi connectivity index (χ4v) is 2.57. The highest BCUT2D eigenvalue weighted by molar-refractivity contribution is 7.51. The zero-order chi connectivity index (χ0) is 13.1. The molecule has 0 bridgehead atoms. The normalized spacial score (nSPS) is 17.6. The number of aliphatic hydroxyl groups is 1. The van der Waals surface area contributed by atoms with Gasteiger partial charge in [-0.05, 0) is 5.92 Å². The molecule has 0 aromatic carbocycles. The molecule has 5 nitrogen and oxygen atoms in total. The van der Waals surface area contributed by atoms with Gasteiger partial charge in [-0.3, -0.25) is 4.57 Å². The van der Waals surface area contributed by atoms with Crippen LogP contribution in [0.5, 0.6) is 0 Å². The lowest BCUT2D eigenvalue weighted by atomic mass is 9.97. The molecule has 0 aromatic rings. The predicted octanol–water partition coefficient (Wildman–Crippen LogP) is 0.646. The highest BCUT2D eigenvalue weighted by Gasteiger charge is 2.35. The molecule has 0 aromatic heterocycles. The van der Waals surface area contributed by atoms with Crippen LogP contribution in [0.3, 0.4) is 0 Å². The van der Waals surface area contributed by atoms with Gasteiger partial charge in [0.05, 0.1) is 27.3 Å². The van der Waals surface area contributed by atoms with Crippen molar-refractivity contribution in [1.82, 2.24) is 0 Å². The van der Waals surface area contributed by atoms with Gasteiger partial charge in [-0.1, -0.05) is 13.8 Å². The summed E-state index contributed by atoms with van der Waals surface area (Å²) >= 11 is 0. The minimum absolute atomic E-state index is 0.160. The van der Waals surface area contributed by atoms with E-state index in [0.29, 0.717) is 10.4 Å². The van der Waals surface area contributed by atoms with Crippen molar-refractivity contribution in [2.75, 3.05) is 27.3 Å². The van der Waals surface area contributed by atoms with E-state index < -0.39 is 19.9 Å². The average Bonchev–Trinajstić information content (AvgIpc) is 1.93. The van der Waals surface area contributed by atoms with Crippen LogP contribution in [0.1, 0.15) is 20.3 Å². The number of aliphatic hydroxyl groups excluding tert-OH is 1. The topological polar surface area (TPSA) is 77.8 Å². The summed E-state index contributed by atoms with van der Waals surface area (Å²) in [6.07, 6.45) is -0.687. The second-order valence-corrected chi connectivity index (χ2v) is 7.42. The van der Waals surface area contributed by atoms with Gasteiger partial charge in [-0.15, -0.1) is 0 Å². The molecule has 0 radical (unpaired) electrons. The van der Waals surface area contributed by atoms with E-state index in [1.54, 1.807) is 0 Å². The molecule has 0 aliphatic heterocycles. The van der Waals surface area contributed by atoms with Gasteiger partial charge >= 0.3 is 7.60 Å². The summed E-state index contributed by atoms with van der Waals surface area (Å²) in [5.41, 5.74) is 0. The number of rotatable bonds is 6. The molecule has 0 aliphatic carbocycles. The van der Waals surface area contributed by atoms with Crippen molar-refractivity contribution < 1.29 is 23.9 Å². The molecule has 1 unspecified atom stereocenters. The molecule has 6 heteroatoms. The van der Waals surface area contributed by atoms with Gasteiger partial charge < -0.3 is 19.4 Å². The summed E-state index contributed by atoms with van der Waals surface area (Å²) in [6.45, 7) is 4.07. The van der Waals surface area contributed by atoms with Crippen molar-refractivity contribution in [3.8, 4) is 0 Å². The lowest BCUT2D eigenvalue weighted by Crippen LogP contribution is -2.53. The SMILES string of the molecule is CC(C)CC([C@@H](O)CP(=O)(O)O)[N+](C)(C)C. The third-order valence-electron chi connectivity index (χ3n) is 2.58. The van der Waals surface area contributed by atoms with Crippen LogP contribution in [0.2, 0.25) is 0 Å². The standard InChI is InChI=1S/C10H24NO4P/c1-8(2)6-9(11(3,4)5)10(12)7-16(13,14)15/h8-10,12H,6-7H2,1-5H3,(H-,13,14,15)/p+1/t9?,10-/m0/s1. The fraction of sp³-hybridized carbons (Fsp3) is 1.00. The van der Waals surface area contributed by atoms with E-state index >= 15 is 0 Å². The first-order chi connectivity index (χ1) is 6.93. The number of quaternary nitrogens is 1. The highest BCUT2D eigenvalue weighted by Crippen LogP contribution is 2.37. The van der Waals surface area contributed by atoms with Crippen LogP contribution in [0.25, 0.3) is 0 Å². The largest absolute Gasteiger partial charge is 0.386 e. The van der Waals surface area contributed by atoms with Gasteiger partial charge in [-0.2, -0.15) is 0 Å². The zero-order valence-corrected chi connectivity index (χ0v) is 11.7. The number of hydrogen-bond donors (Lipinski definition) is 3. The zero-order valence-electron chi connectivity index (χ0n) is 10.8. The van der Waals surface area contributed by atoms with Crippen LogP contribution in [0.4, 0.5) is 0 Å². The summed E-state index contributed by atoms with van der Waals surface area (Å²) in [6, 6.07) is -0.160. The van der Waals surface area contributed by atoms with Crippen LogP contribution in [-0.2, 0) is 4.57 Å². The third-order valence-corrected chi connectivity index (χ3v) is 3.43. The van der Waals surface area contributed by atoms with Gasteiger partial charge in [0, 0.05) is 6.42 Å². The van der Waals surface area contributed by atoms with E-state index in [2.05, 4.69) is 0 Å². The lowest BCUT2D eigenvalue weighted by Gasteiger charge is -2.38. The maximum Gasteiger partial charge on any atom is 0.328 e. The molecule has 0 aliphatic rings. The molecular formula is C10H25NO4P+. The Bertz CT molecular complexity index is 256. The van der Waals surface area contributed by atoms with E-state index in [9.17, 15) is 9.67 Å². The van der Waals surface area contributed by atoms with Gasteiger partial charge in [0.2, 0.25) is 0 Å². The van der Waals surface area contributed by atoms with Crippen molar-refractivity contribution in [3.05, 3.63) is 0 Å². The number of nitrogens with zero attached hydrogens (tertiary/aromatic N) is 1. The smallest absolute Gasteiger partial charge is 0.328 e. The molecule has 0 heterocycles. The second-order valence-electron chi connectivity index (χ2n) is 5.73. The van der Waals surface area contributed by atoms with E-state index in [0.717, 1.165) is 6.42 Å². The Balaban J connectivity index is 4.70. The van der Waals surface area contributed by atoms with E-state index in [4.69, 9.17) is 9.79 Å². The Morgan fingerprint density at radius 3 is 1.88 bits per heavy atom. The monoisotopic (exact) mass is 254 g/mol. The maximum absolute atomic E-state index is 10.9. The fourth-order valence-electron chi connectivity index (χ4n) is 1.84. The Kier molecular flexibility index (Phi) is 5.63. The van der Waals surface area contributed by atoms with Crippen molar-refractivity contribution in [3.63, 3.8) is 0 Å². The van der Waals surface area contributed by atoms with Gasteiger partial charge in [0.15, 0.2) is 0 Å². The third kappa shape index (κ3) is 6.61. The molecule has 16 heavy (non-hydrogen) atoms. The van der Waals surface area contributed by atoms with Gasteiger partial charge in [-0.25, -0.2) is 0 Å².